The van der Waals surface area contributed by atoms with Crippen molar-refractivity contribution in [2.45, 2.75) is 45.1 Å². The summed E-state index contributed by atoms with van der Waals surface area (Å²) in [7, 11) is 2.41. The number of likely N-dealkylation sites (N-methyl/N-ethyl adjacent to an activating group) is 1. The molecule has 2 aromatic rings. The standard InChI is InChI=1S/C26H34N2O4S/c1-26(2,3)20-8-10-21(11-9-20)27-24(29)23(18-6-12-22(32-5)13-7-18)28(4)25(30)19-14-16-33(31)17-15-19/h6-13,19,23H,14-17H2,1-5H3,(H,27,29). The molecule has 0 spiro atoms. The molecule has 0 radical (unpaired) electrons. The molecule has 1 unspecified atom stereocenters. The van der Waals surface area contributed by atoms with Gasteiger partial charge in [0, 0.05) is 41.0 Å². The van der Waals surface area contributed by atoms with Gasteiger partial charge < -0.3 is 15.0 Å². The third-order valence-electron chi connectivity index (χ3n) is 6.17. The molecule has 1 heterocycles. The number of nitrogens with one attached hydrogen (secondary N) is 1. The van der Waals surface area contributed by atoms with Crippen molar-refractivity contribution in [3.8, 4) is 5.75 Å². The van der Waals surface area contributed by atoms with Gasteiger partial charge in [0.1, 0.15) is 11.8 Å². The largest absolute Gasteiger partial charge is 0.497 e. The van der Waals surface area contributed by atoms with E-state index < -0.39 is 16.8 Å². The fraction of sp³-hybridized carbons (Fsp3) is 0.462. The molecule has 2 amide bonds. The highest BCUT2D eigenvalue weighted by Gasteiger charge is 2.34. The highest BCUT2D eigenvalue weighted by Crippen LogP contribution is 2.29. The fourth-order valence-electron chi connectivity index (χ4n) is 4.06. The maximum atomic E-state index is 13.4. The van der Waals surface area contributed by atoms with E-state index in [1.54, 1.807) is 26.3 Å². The Kier molecular flexibility index (Phi) is 7.95. The van der Waals surface area contributed by atoms with Crippen LogP contribution < -0.4 is 10.1 Å². The molecule has 2 aromatic carbocycles. The molecule has 0 aliphatic carbocycles. The number of ether oxygens (including phenoxy) is 1. The van der Waals surface area contributed by atoms with Crippen LogP contribution in [0.3, 0.4) is 0 Å². The van der Waals surface area contributed by atoms with Gasteiger partial charge in [0.15, 0.2) is 0 Å². The van der Waals surface area contributed by atoms with E-state index in [9.17, 15) is 13.8 Å². The van der Waals surface area contributed by atoms with Crippen molar-refractivity contribution in [2.24, 2.45) is 5.92 Å². The van der Waals surface area contributed by atoms with Gasteiger partial charge in [-0.15, -0.1) is 0 Å². The molecule has 0 saturated carbocycles. The number of nitrogens with zero attached hydrogens (tertiary/aromatic N) is 1. The zero-order valence-corrected chi connectivity index (χ0v) is 20.9. The van der Waals surface area contributed by atoms with Crippen molar-refractivity contribution in [3.05, 3.63) is 59.7 Å². The Morgan fingerprint density at radius 3 is 2.12 bits per heavy atom. The number of hydrogen-bond acceptors (Lipinski definition) is 4. The van der Waals surface area contributed by atoms with Gasteiger partial charge in [-0.2, -0.15) is 0 Å². The first-order chi connectivity index (χ1) is 15.6. The van der Waals surface area contributed by atoms with Crippen LogP contribution in [-0.2, 0) is 25.8 Å². The number of anilines is 1. The highest BCUT2D eigenvalue weighted by atomic mass is 32.2. The van der Waals surface area contributed by atoms with E-state index in [-0.39, 0.29) is 23.1 Å². The summed E-state index contributed by atoms with van der Waals surface area (Å²) in [5, 5.41) is 2.98. The lowest BCUT2D eigenvalue weighted by molar-refractivity contribution is -0.141. The maximum Gasteiger partial charge on any atom is 0.251 e. The lowest BCUT2D eigenvalue weighted by Crippen LogP contribution is -2.43. The Bertz CT molecular complexity index is 986. The predicted molar refractivity (Wildman–Crippen MR) is 133 cm³/mol. The Hall–Kier alpha value is -2.67. The Morgan fingerprint density at radius 1 is 1.03 bits per heavy atom. The van der Waals surface area contributed by atoms with Crippen molar-refractivity contribution in [3.63, 3.8) is 0 Å². The number of carbonyl (C=O) groups excluding carboxylic acids is 2. The minimum atomic E-state index is -0.849. The van der Waals surface area contributed by atoms with Crippen molar-refractivity contribution in [1.29, 1.82) is 0 Å². The molecule has 3 rings (SSSR count). The summed E-state index contributed by atoms with van der Waals surface area (Å²) < 4.78 is 17.0. The first kappa shape index (κ1) is 25.0. The van der Waals surface area contributed by atoms with Crippen LogP contribution in [0.5, 0.6) is 5.75 Å². The number of hydrogen-bond donors (Lipinski definition) is 1. The van der Waals surface area contributed by atoms with Gasteiger partial charge in [-0.25, -0.2) is 0 Å². The molecule has 1 aliphatic heterocycles. The smallest absolute Gasteiger partial charge is 0.251 e. The Labute approximate surface area is 199 Å². The van der Waals surface area contributed by atoms with Crippen LogP contribution in [-0.4, -0.2) is 46.6 Å². The number of methoxy groups -OCH3 is 1. The fourth-order valence-corrected chi connectivity index (χ4v) is 5.36. The third-order valence-corrected chi connectivity index (χ3v) is 7.55. The average Bonchev–Trinajstić information content (AvgIpc) is 2.79. The topological polar surface area (TPSA) is 75.7 Å². The van der Waals surface area contributed by atoms with Crippen LogP contribution in [0.4, 0.5) is 5.69 Å². The SMILES string of the molecule is COc1ccc(C(C(=O)Nc2ccc(C(C)(C)C)cc2)N(C)C(=O)C2CCS(=O)CC2)cc1. The lowest BCUT2D eigenvalue weighted by atomic mass is 9.87. The molecular weight excluding hydrogens is 436 g/mol. The van der Waals surface area contributed by atoms with Crippen molar-refractivity contribution < 1.29 is 18.5 Å². The summed E-state index contributed by atoms with van der Waals surface area (Å²) in [6.45, 7) is 6.42. The lowest BCUT2D eigenvalue weighted by Gasteiger charge is -2.32. The van der Waals surface area contributed by atoms with E-state index in [1.807, 2.05) is 36.4 Å². The van der Waals surface area contributed by atoms with Crippen LogP contribution in [0.15, 0.2) is 48.5 Å². The van der Waals surface area contributed by atoms with E-state index in [1.165, 1.54) is 10.5 Å². The van der Waals surface area contributed by atoms with Crippen LogP contribution in [0.1, 0.15) is 50.8 Å². The molecule has 1 atom stereocenters. The quantitative estimate of drug-likeness (QED) is 0.683. The molecule has 0 aromatic heterocycles. The Morgan fingerprint density at radius 2 is 1.61 bits per heavy atom. The predicted octanol–water partition coefficient (Wildman–Crippen LogP) is 4.29. The van der Waals surface area contributed by atoms with E-state index in [0.29, 0.717) is 41.3 Å². The normalized spacial score (nSPS) is 19.4. The third kappa shape index (κ3) is 6.22. The van der Waals surface area contributed by atoms with Gasteiger partial charge >= 0.3 is 0 Å². The number of rotatable bonds is 6. The van der Waals surface area contributed by atoms with E-state index in [2.05, 4.69) is 26.1 Å². The van der Waals surface area contributed by atoms with Gasteiger partial charge in [-0.3, -0.25) is 13.8 Å². The number of amides is 2. The minimum Gasteiger partial charge on any atom is -0.497 e. The monoisotopic (exact) mass is 470 g/mol. The van der Waals surface area contributed by atoms with Gasteiger partial charge in [0.05, 0.1) is 7.11 Å². The summed E-state index contributed by atoms with van der Waals surface area (Å²) >= 11 is 0. The molecule has 1 aliphatic rings. The van der Waals surface area contributed by atoms with Gasteiger partial charge in [0.25, 0.3) is 5.91 Å². The zero-order chi connectivity index (χ0) is 24.2. The van der Waals surface area contributed by atoms with Crippen molar-refractivity contribution >= 4 is 28.3 Å². The van der Waals surface area contributed by atoms with Crippen LogP contribution in [0.25, 0.3) is 0 Å². The van der Waals surface area contributed by atoms with Crippen LogP contribution in [0, 0.1) is 5.92 Å². The molecule has 7 heteroatoms. The molecule has 1 saturated heterocycles. The van der Waals surface area contributed by atoms with E-state index in [4.69, 9.17) is 4.74 Å². The average molecular weight is 471 g/mol. The van der Waals surface area contributed by atoms with Crippen molar-refractivity contribution in [1.82, 2.24) is 4.90 Å². The van der Waals surface area contributed by atoms with Crippen LogP contribution >= 0.6 is 0 Å². The molecule has 6 nitrogen and oxygen atoms in total. The van der Waals surface area contributed by atoms with Gasteiger partial charge in [-0.1, -0.05) is 45.0 Å². The van der Waals surface area contributed by atoms with Gasteiger partial charge in [-0.05, 0) is 53.6 Å². The number of benzene rings is 2. The summed E-state index contributed by atoms with van der Waals surface area (Å²) in [5.74, 6) is 1.16. The second kappa shape index (κ2) is 10.5. The summed E-state index contributed by atoms with van der Waals surface area (Å²) in [6, 6.07) is 14.2. The Balaban J connectivity index is 1.85. The highest BCUT2D eigenvalue weighted by molar-refractivity contribution is 7.85. The maximum absolute atomic E-state index is 13.4. The molecule has 1 fully saturated rings. The van der Waals surface area contributed by atoms with Crippen molar-refractivity contribution in [2.75, 3.05) is 31.0 Å². The van der Waals surface area contributed by atoms with E-state index in [0.717, 1.165) is 0 Å². The summed E-state index contributed by atoms with van der Waals surface area (Å²) in [5.41, 5.74) is 2.58. The molecule has 178 valence electrons. The second-order valence-corrected chi connectivity index (χ2v) is 11.3. The first-order valence-electron chi connectivity index (χ1n) is 11.3. The second-order valence-electron chi connectivity index (χ2n) is 9.56. The first-order valence-corrected chi connectivity index (χ1v) is 12.8. The molecule has 1 N–H and O–H groups in total. The molecule has 0 bridgehead atoms. The van der Waals surface area contributed by atoms with Gasteiger partial charge in [0.2, 0.25) is 5.91 Å². The summed E-state index contributed by atoms with van der Waals surface area (Å²) in [6.07, 6.45) is 1.17. The summed E-state index contributed by atoms with van der Waals surface area (Å²) in [4.78, 5) is 28.2. The van der Waals surface area contributed by atoms with E-state index >= 15 is 0 Å². The molecule has 33 heavy (non-hydrogen) atoms. The molecular formula is C26H34N2O4S. The minimum absolute atomic E-state index is 0.0183. The van der Waals surface area contributed by atoms with Crippen LogP contribution in [0.2, 0.25) is 0 Å². The zero-order valence-electron chi connectivity index (χ0n) is 20.1. The number of carbonyl (C=O) groups is 2.